The third kappa shape index (κ3) is 3.64. The molecule has 1 aromatic rings. The van der Waals surface area contributed by atoms with Crippen LogP contribution in [0.4, 0.5) is 5.69 Å². The van der Waals surface area contributed by atoms with Crippen molar-refractivity contribution in [2.45, 2.75) is 20.0 Å². The fraction of sp³-hybridized carbons (Fsp3) is 0.417. The molecule has 5 nitrogen and oxygen atoms in total. The van der Waals surface area contributed by atoms with Gasteiger partial charge in [0.25, 0.3) is 0 Å². The van der Waals surface area contributed by atoms with E-state index in [9.17, 15) is 4.79 Å². The van der Waals surface area contributed by atoms with Gasteiger partial charge in [0.05, 0.1) is 12.7 Å². The van der Waals surface area contributed by atoms with Crippen molar-refractivity contribution in [2.24, 2.45) is 0 Å². The quantitative estimate of drug-likeness (QED) is 0.596. The van der Waals surface area contributed by atoms with Crippen LogP contribution in [0.5, 0.6) is 5.75 Å². The Morgan fingerprint density at radius 2 is 2.24 bits per heavy atom. The maximum Gasteiger partial charge on any atom is 0.344 e. The Hall–Kier alpha value is -1.75. The molecular formula is C12H17NO4. The number of nitrogen functional groups attached to an aromatic ring is 1. The molecule has 0 heterocycles. The zero-order chi connectivity index (χ0) is 12.8. The van der Waals surface area contributed by atoms with Gasteiger partial charge in [-0.25, -0.2) is 4.79 Å². The summed E-state index contributed by atoms with van der Waals surface area (Å²) in [5.41, 5.74) is 6.22. The number of carbonyl (C=O) groups is 1. The molecule has 1 aromatic carbocycles. The van der Waals surface area contributed by atoms with Gasteiger partial charge in [-0.1, -0.05) is 6.07 Å². The molecule has 94 valence electrons. The molecule has 0 radical (unpaired) electrons. The van der Waals surface area contributed by atoms with Crippen LogP contribution in [0, 0.1) is 0 Å². The lowest BCUT2D eigenvalue weighted by atomic mass is 10.1. The van der Waals surface area contributed by atoms with Crippen molar-refractivity contribution >= 4 is 11.7 Å². The molecule has 0 aliphatic rings. The van der Waals surface area contributed by atoms with Crippen LogP contribution in [-0.4, -0.2) is 30.4 Å². The highest BCUT2D eigenvalue weighted by Crippen LogP contribution is 2.25. The highest BCUT2D eigenvalue weighted by molar-refractivity contribution is 5.98. The first-order valence-electron chi connectivity index (χ1n) is 5.42. The Labute approximate surface area is 100 Å². The smallest absolute Gasteiger partial charge is 0.344 e. The predicted molar refractivity (Wildman–Crippen MR) is 64.0 cm³/mol. The fourth-order valence-corrected chi connectivity index (χ4v) is 1.31. The first kappa shape index (κ1) is 13.3. The van der Waals surface area contributed by atoms with E-state index in [1.165, 1.54) is 6.92 Å². The molecule has 1 unspecified atom stereocenters. The average Bonchev–Trinajstić information content (AvgIpc) is 2.26. The van der Waals surface area contributed by atoms with Crippen molar-refractivity contribution in [3.8, 4) is 5.75 Å². The Kier molecular flexibility index (Phi) is 4.78. The largest absolute Gasteiger partial charge is 0.493 e. The van der Waals surface area contributed by atoms with Crippen LogP contribution in [0.3, 0.4) is 0 Å². The number of ether oxygens (including phenoxy) is 2. The van der Waals surface area contributed by atoms with Gasteiger partial charge in [-0.05, 0) is 26.0 Å². The maximum atomic E-state index is 11.8. The first-order valence-corrected chi connectivity index (χ1v) is 5.42. The summed E-state index contributed by atoms with van der Waals surface area (Å²) in [5.74, 6) is -0.199. The minimum atomic E-state index is -0.709. The van der Waals surface area contributed by atoms with Crippen LogP contribution >= 0.6 is 0 Å². The second-order valence-electron chi connectivity index (χ2n) is 3.60. The SMILES string of the molecule is CCOc1cccc(N)c1C(=O)OCC(C)O. The van der Waals surface area contributed by atoms with Gasteiger partial charge in [0.1, 0.15) is 17.9 Å². The second-order valence-corrected chi connectivity index (χ2v) is 3.60. The number of carbonyl (C=O) groups excluding carboxylic acids is 1. The van der Waals surface area contributed by atoms with Crippen molar-refractivity contribution in [1.29, 1.82) is 0 Å². The highest BCUT2D eigenvalue weighted by Gasteiger charge is 2.17. The van der Waals surface area contributed by atoms with E-state index in [1.807, 2.05) is 6.92 Å². The average molecular weight is 239 g/mol. The van der Waals surface area contributed by atoms with E-state index in [0.717, 1.165) is 0 Å². The zero-order valence-corrected chi connectivity index (χ0v) is 9.97. The second kappa shape index (κ2) is 6.10. The zero-order valence-electron chi connectivity index (χ0n) is 9.97. The van der Waals surface area contributed by atoms with Gasteiger partial charge in [-0.2, -0.15) is 0 Å². The molecule has 5 heteroatoms. The lowest BCUT2D eigenvalue weighted by Gasteiger charge is -2.12. The van der Waals surface area contributed by atoms with E-state index in [0.29, 0.717) is 18.0 Å². The molecule has 3 N–H and O–H groups in total. The number of hydrogen-bond acceptors (Lipinski definition) is 5. The predicted octanol–water partition coefficient (Wildman–Crippen LogP) is 1.21. The van der Waals surface area contributed by atoms with Gasteiger partial charge in [0.15, 0.2) is 0 Å². The molecule has 0 amide bonds. The topological polar surface area (TPSA) is 81.8 Å². The Bertz CT molecular complexity index is 390. The molecule has 17 heavy (non-hydrogen) atoms. The number of rotatable bonds is 5. The Morgan fingerprint density at radius 3 is 2.82 bits per heavy atom. The molecule has 0 bridgehead atoms. The molecule has 1 atom stereocenters. The fourth-order valence-electron chi connectivity index (χ4n) is 1.31. The van der Waals surface area contributed by atoms with E-state index in [4.69, 9.17) is 20.3 Å². The van der Waals surface area contributed by atoms with Crippen molar-refractivity contribution in [2.75, 3.05) is 18.9 Å². The van der Waals surface area contributed by atoms with Crippen molar-refractivity contribution in [3.05, 3.63) is 23.8 Å². The Morgan fingerprint density at radius 1 is 1.53 bits per heavy atom. The molecule has 0 spiro atoms. The van der Waals surface area contributed by atoms with E-state index in [1.54, 1.807) is 18.2 Å². The number of aliphatic hydroxyl groups excluding tert-OH is 1. The summed E-state index contributed by atoms with van der Waals surface area (Å²) in [4.78, 5) is 11.8. The molecule has 0 fully saturated rings. The van der Waals surface area contributed by atoms with Gasteiger partial charge >= 0.3 is 5.97 Å². The van der Waals surface area contributed by atoms with Crippen molar-refractivity contribution < 1.29 is 19.4 Å². The van der Waals surface area contributed by atoms with Gasteiger partial charge < -0.3 is 20.3 Å². The summed E-state index contributed by atoms with van der Waals surface area (Å²) in [6, 6.07) is 4.95. The van der Waals surface area contributed by atoms with Gasteiger partial charge in [-0.3, -0.25) is 0 Å². The molecule has 0 aromatic heterocycles. The minimum absolute atomic E-state index is 0.0707. The molecular weight excluding hydrogens is 222 g/mol. The van der Waals surface area contributed by atoms with Crippen LogP contribution in [0.25, 0.3) is 0 Å². The van der Waals surface area contributed by atoms with Crippen molar-refractivity contribution in [1.82, 2.24) is 0 Å². The number of anilines is 1. The standard InChI is InChI=1S/C12H17NO4/c1-3-16-10-6-4-5-9(13)11(10)12(15)17-7-8(2)14/h4-6,8,14H,3,7,13H2,1-2H3. The van der Waals surface area contributed by atoms with E-state index in [-0.39, 0.29) is 12.2 Å². The number of hydrogen-bond donors (Lipinski definition) is 2. The lowest BCUT2D eigenvalue weighted by Crippen LogP contribution is -2.17. The minimum Gasteiger partial charge on any atom is -0.493 e. The summed E-state index contributed by atoms with van der Waals surface area (Å²) >= 11 is 0. The summed E-state index contributed by atoms with van der Waals surface area (Å²) in [6.45, 7) is 3.71. The lowest BCUT2D eigenvalue weighted by molar-refractivity contribution is 0.0294. The van der Waals surface area contributed by atoms with Crippen LogP contribution in [0.2, 0.25) is 0 Å². The van der Waals surface area contributed by atoms with Gasteiger partial charge in [-0.15, -0.1) is 0 Å². The summed E-state index contributed by atoms with van der Waals surface area (Å²) in [6.07, 6.45) is -0.709. The Balaban J connectivity index is 2.90. The number of esters is 1. The normalized spacial score (nSPS) is 11.9. The first-order chi connectivity index (χ1) is 8.06. The van der Waals surface area contributed by atoms with E-state index in [2.05, 4.69) is 0 Å². The number of benzene rings is 1. The number of nitrogens with two attached hydrogens (primary N) is 1. The summed E-state index contributed by atoms with van der Waals surface area (Å²) in [7, 11) is 0. The van der Waals surface area contributed by atoms with Crippen LogP contribution in [0.1, 0.15) is 24.2 Å². The van der Waals surface area contributed by atoms with Crippen LogP contribution in [0.15, 0.2) is 18.2 Å². The summed E-state index contributed by atoms with van der Waals surface area (Å²) < 4.78 is 10.2. The van der Waals surface area contributed by atoms with Crippen LogP contribution < -0.4 is 10.5 Å². The van der Waals surface area contributed by atoms with Crippen molar-refractivity contribution in [3.63, 3.8) is 0 Å². The van der Waals surface area contributed by atoms with E-state index < -0.39 is 12.1 Å². The van der Waals surface area contributed by atoms with Crippen LogP contribution in [-0.2, 0) is 4.74 Å². The third-order valence-corrected chi connectivity index (χ3v) is 2.02. The number of aliphatic hydroxyl groups is 1. The maximum absolute atomic E-state index is 11.8. The molecule has 0 aliphatic heterocycles. The van der Waals surface area contributed by atoms with E-state index >= 15 is 0 Å². The molecule has 0 saturated heterocycles. The third-order valence-electron chi connectivity index (χ3n) is 2.02. The molecule has 0 aliphatic carbocycles. The molecule has 1 rings (SSSR count). The molecule has 0 saturated carbocycles. The summed E-state index contributed by atoms with van der Waals surface area (Å²) in [5, 5.41) is 9.05. The van der Waals surface area contributed by atoms with Gasteiger partial charge in [0.2, 0.25) is 0 Å². The monoisotopic (exact) mass is 239 g/mol. The highest BCUT2D eigenvalue weighted by atomic mass is 16.5. The van der Waals surface area contributed by atoms with Gasteiger partial charge in [0, 0.05) is 5.69 Å².